The Morgan fingerprint density at radius 2 is 1.08 bits per heavy atom. The molecular weight excluding hydrogens is 432 g/mol. The third-order valence-corrected chi connectivity index (χ3v) is 2.50. The van der Waals surface area contributed by atoms with Gasteiger partial charge in [-0.1, -0.05) is 12.1 Å². The van der Waals surface area contributed by atoms with Gasteiger partial charge in [0.25, 0.3) is 0 Å². The largest absolute Gasteiger partial charge is 3.00 e. The van der Waals surface area contributed by atoms with Gasteiger partial charge in [-0.3, -0.25) is 0 Å². The molecule has 0 saturated heterocycles. The van der Waals surface area contributed by atoms with Crippen LogP contribution in [0.5, 0.6) is 5.75 Å². The van der Waals surface area contributed by atoms with Crippen LogP contribution >= 0.6 is 0 Å². The van der Waals surface area contributed by atoms with Crippen molar-refractivity contribution < 1.29 is 61.8 Å². The van der Waals surface area contributed by atoms with Crippen molar-refractivity contribution in [1.29, 1.82) is 0 Å². The number of alkyl halides is 6. The summed E-state index contributed by atoms with van der Waals surface area (Å²) in [5.74, 6) is -0.762. The quantitative estimate of drug-likeness (QED) is 0.252. The van der Waals surface area contributed by atoms with Crippen molar-refractivity contribution in [3.63, 3.8) is 0 Å². The first-order valence-corrected chi connectivity index (χ1v) is 7.57. The number of hydrogen-bond acceptors (Lipinski definition) is 7. The molecule has 0 radical (unpaired) electrons. The third kappa shape index (κ3) is 13.8. The van der Waals surface area contributed by atoms with Gasteiger partial charge in [-0.15, -0.1) is 5.75 Å². The summed E-state index contributed by atoms with van der Waals surface area (Å²) in [5.41, 5.74) is -11.3. The normalized spacial score (nSPS) is 11.9. The molecule has 17 heteroatoms. The maximum Gasteiger partial charge on any atom is 3.00 e. The third-order valence-electron chi connectivity index (χ3n) is 1.36. The van der Waals surface area contributed by atoms with Crippen molar-refractivity contribution in [2.75, 3.05) is 0 Å². The molecule has 25 heavy (non-hydrogen) atoms. The molecule has 0 fully saturated rings. The topological polar surface area (TPSA) is 137 Å². The van der Waals surface area contributed by atoms with Crippen molar-refractivity contribution >= 4 is 37.6 Å². The van der Waals surface area contributed by atoms with Crippen LogP contribution in [0.25, 0.3) is 0 Å². The fourth-order valence-electron chi connectivity index (χ4n) is 0.467. The van der Waals surface area contributed by atoms with Gasteiger partial charge in [-0.25, -0.2) is 21.2 Å². The second kappa shape index (κ2) is 10.1. The van der Waals surface area contributed by atoms with Gasteiger partial charge in [0, 0.05) is 0 Å². The molecule has 0 aliphatic carbocycles. The molecule has 0 amide bonds. The van der Waals surface area contributed by atoms with Crippen molar-refractivity contribution in [3.8, 4) is 5.75 Å². The van der Waals surface area contributed by atoms with Gasteiger partial charge < -0.3 is 14.2 Å². The van der Waals surface area contributed by atoms with Crippen LogP contribution in [0.3, 0.4) is 0 Å². The Morgan fingerprint density at radius 3 is 1.20 bits per heavy atom. The van der Waals surface area contributed by atoms with E-state index >= 15 is 0 Å². The van der Waals surface area contributed by atoms with Crippen LogP contribution in [0.15, 0.2) is 24.3 Å². The number of benzene rings is 1. The van der Waals surface area contributed by atoms with E-state index in [0.29, 0.717) is 0 Å². The molecule has 0 atom stereocenters. The molecule has 0 spiro atoms. The van der Waals surface area contributed by atoms with Crippen molar-refractivity contribution in [2.24, 2.45) is 0 Å². The maximum atomic E-state index is 12.0. The van der Waals surface area contributed by atoms with Gasteiger partial charge in [-0.2, -0.15) is 26.3 Å². The summed E-state index contributed by atoms with van der Waals surface area (Å²) in [6.07, 6.45) is 0. The van der Waals surface area contributed by atoms with Crippen molar-refractivity contribution in [1.82, 2.24) is 0 Å². The average Bonchev–Trinajstić information content (AvgIpc) is 2.24. The maximum absolute atomic E-state index is 12.0. The Balaban J connectivity index is -0.000000285. The second-order valence-electron chi connectivity index (χ2n) is 3.26. The minimum Gasteiger partial charge on any atom is -0.872 e. The fraction of sp³-hybridized carbons (Fsp3) is 0.250. The molecule has 0 aliphatic heterocycles. The summed E-state index contributed by atoms with van der Waals surface area (Å²) in [6, 6.07) is 4.88. The number of rotatable bonds is 0. The van der Waals surface area contributed by atoms with Crippen LogP contribution in [0, 0.1) is 5.82 Å². The smallest absolute Gasteiger partial charge is 0.872 e. The molecule has 0 aromatic heterocycles. The van der Waals surface area contributed by atoms with Gasteiger partial charge in [0.15, 0.2) is 20.2 Å². The van der Waals surface area contributed by atoms with E-state index in [9.17, 15) is 35.8 Å². The number of halogens is 7. The minimum atomic E-state index is -6.09. The van der Waals surface area contributed by atoms with E-state index in [0.717, 1.165) is 6.07 Å². The first-order valence-electron chi connectivity index (χ1n) is 4.76. The summed E-state index contributed by atoms with van der Waals surface area (Å²) in [6.45, 7) is 0. The molecule has 7 nitrogen and oxygen atoms in total. The van der Waals surface area contributed by atoms with Gasteiger partial charge in [-0.05, 0) is 12.1 Å². The molecule has 142 valence electrons. The second-order valence-corrected chi connectivity index (χ2v) is 6.00. The monoisotopic (exact) mass is 436 g/mol. The molecule has 1 aromatic rings. The summed E-state index contributed by atoms with van der Waals surface area (Å²) in [7, 11) is -12.2. The Labute approximate surface area is 146 Å². The van der Waals surface area contributed by atoms with E-state index in [1.165, 1.54) is 18.2 Å². The van der Waals surface area contributed by atoms with Gasteiger partial charge in [0.2, 0.25) is 0 Å². The van der Waals surface area contributed by atoms with Crippen LogP contribution in [-0.2, 0) is 20.2 Å². The zero-order valence-corrected chi connectivity index (χ0v) is 14.0. The Hall–Kier alpha value is -1.12. The predicted molar refractivity (Wildman–Crippen MR) is 63.1 cm³/mol. The van der Waals surface area contributed by atoms with Gasteiger partial charge in [0.05, 0.1) is 0 Å². The Morgan fingerprint density at radius 1 is 0.800 bits per heavy atom. The predicted octanol–water partition coefficient (Wildman–Crippen LogP) is 0.621. The summed E-state index contributed by atoms with van der Waals surface area (Å²) >= 11 is 0. The molecule has 0 aliphatic rings. The van der Waals surface area contributed by atoms with Gasteiger partial charge >= 0.3 is 28.4 Å². The SMILES string of the molecule is O=S(=O)([O-])C(F)(F)F.O=S(=O)([O-])C(F)(F)F.[Al+3].[O-]c1cccc(F)c1. The van der Waals surface area contributed by atoms with Crippen LogP contribution in [0.4, 0.5) is 30.7 Å². The fourth-order valence-corrected chi connectivity index (χ4v) is 0.467. The van der Waals surface area contributed by atoms with E-state index in [-0.39, 0.29) is 23.1 Å². The molecule has 0 heterocycles. The zero-order valence-electron chi connectivity index (χ0n) is 11.2. The van der Waals surface area contributed by atoms with Crippen molar-refractivity contribution in [3.05, 3.63) is 30.1 Å². The molecule has 1 rings (SSSR count). The Kier molecular flexibility index (Phi) is 11.6. The summed E-state index contributed by atoms with van der Waals surface area (Å²) in [5, 5.41) is 10.3. The van der Waals surface area contributed by atoms with Crippen LogP contribution in [-0.4, -0.2) is 54.3 Å². The average molecular weight is 436 g/mol. The van der Waals surface area contributed by atoms with E-state index in [1.807, 2.05) is 0 Å². The van der Waals surface area contributed by atoms with E-state index < -0.39 is 37.1 Å². The molecular formula is C8H4AlF7O7S2. The van der Waals surface area contributed by atoms with Crippen molar-refractivity contribution in [2.45, 2.75) is 11.0 Å². The van der Waals surface area contributed by atoms with Crippen LogP contribution < -0.4 is 5.11 Å². The molecule has 0 N–H and O–H groups in total. The standard InChI is InChI=1S/C6H5FO.2CHF3O3S.Al/c7-5-2-1-3-6(8)4-5;2*2-1(3,4)8(5,6)7;/h1-4,8H;2*(H,5,6,7);/q;;;+3/p-3. The van der Waals surface area contributed by atoms with Crippen LogP contribution in [0.2, 0.25) is 0 Å². The Bertz CT molecular complexity index is 669. The van der Waals surface area contributed by atoms with Gasteiger partial charge in [0.1, 0.15) is 5.82 Å². The minimum absolute atomic E-state index is 0. The first kappa shape index (κ1) is 28.7. The molecule has 0 saturated carbocycles. The molecule has 0 bridgehead atoms. The molecule has 0 unspecified atom stereocenters. The number of hydrogen-bond donors (Lipinski definition) is 0. The molecule has 1 aromatic carbocycles. The van der Waals surface area contributed by atoms with E-state index in [2.05, 4.69) is 0 Å². The van der Waals surface area contributed by atoms with Crippen LogP contribution in [0.1, 0.15) is 0 Å². The first-order chi connectivity index (χ1) is 10.3. The summed E-state index contributed by atoms with van der Waals surface area (Å²) in [4.78, 5) is 0. The summed E-state index contributed by atoms with van der Waals surface area (Å²) < 4.78 is 130. The zero-order chi connectivity index (χ0) is 20.0. The van der Waals surface area contributed by atoms with E-state index in [4.69, 9.17) is 25.9 Å². The van der Waals surface area contributed by atoms with E-state index in [1.54, 1.807) is 0 Å².